The van der Waals surface area contributed by atoms with Crippen molar-refractivity contribution in [3.63, 3.8) is 0 Å². The van der Waals surface area contributed by atoms with Gasteiger partial charge in [-0.15, -0.1) is 0 Å². The van der Waals surface area contributed by atoms with E-state index in [2.05, 4.69) is 21.2 Å². The molecule has 0 spiro atoms. The van der Waals surface area contributed by atoms with Crippen molar-refractivity contribution in [1.82, 2.24) is 0 Å². The van der Waals surface area contributed by atoms with Gasteiger partial charge in [-0.3, -0.25) is 4.79 Å². The third kappa shape index (κ3) is 4.79. The summed E-state index contributed by atoms with van der Waals surface area (Å²) in [5, 5.41) is 2.60. The van der Waals surface area contributed by atoms with E-state index in [1.54, 1.807) is 24.3 Å². The topological polar surface area (TPSA) is 64.6 Å². The van der Waals surface area contributed by atoms with Gasteiger partial charge in [0, 0.05) is 4.47 Å². The highest BCUT2D eigenvalue weighted by Gasteiger charge is 2.15. The highest BCUT2D eigenvalue weighted by atomic mass is 79.9. The van der Waals surface area contributed by atoms with E-state index in [1.807, 2.05) is 6.92 Å². The number of nitrogens with one attached hydrogen (secondary N) is 1. The van der Waals surface area contributed by atoms with Crippen LogP contribution in [0.4, 0.5) is 10.1 Å². The second-order valence-corrected chi connectivity index (χ2v) is 5.53. The van der Waals surface area contributed by atoms with Crippen LogP contribution in [0.5, 0.6) is 5.75 Å². The van der Waals surface area contributed by atoms with Gasteiger partial charge in [0.25, 0.3) is 5.91 Å². The summed E-state index contributed by atoms with van der Waals surface area (Å²) in [4.78, 5) is 23.8. The highest BCUT2D eigenvalue weighted by Crippen LogP contribution is 2.23. The van der Waals surface area contributed by atoms with Gasteiger partial charge >= 0.3 is 5.97 Å². The molecular formula is C17H15BrFNO4. The second kappa shape index (κ2) is 8.44. The minimum atomic E-state index is -0.797. The molecule has 0 aliphatic heterocycles. The Morgan fingerprint density at radius 2 is 1.96 bits per heavy atom. The summed E-state index contributed by atoms with van der Waals surface area (Å²) in [6.45, 7) is 1.79. The number of halogens is 2. The normalized spacial score (nSPS) is 10.1. The van der Waals surface area contributed by atoms with Crippen LogP contribution in [0.2, 0.25) is 0 Å². The number of amides is 1. The van der Waals surface area contributed by atoms with E-state index >= 15 is 0 Å². The van der Waals surface area contributed by atoms with Gasteiger partial charge in [-0.2, -0.15) is 0 Å². The fourth-order valence-corrected chi connectivity index (χ4v) is 2.31. The maximum atomic E-state index is 13.2. The summed E-state index contributed by atoms with van der Waals surface area (Å²) >= 11 is 3.13. The summed E-state index contributed by atoms with van der Waals surface area (Å²) in [6, 6.07) is 10.6. The molecule has 7 heteroatoms. The van der Waals surface area contributed by atoms with E-state index in [-0.39, 0.29) is 5.56 Å². The molecule has 0 atom stereocenters. The average Bonchev–Trinajstić information content (AvgIpc) is 2.57. The lowest BCUT2D eigenvalue weighted by molar-refractivity contribution is -0.119. The average molecular weight is 396 g/mol. The van der Waals surface area contributed by atoms with Crippen LogP contribution in [0.1, 0.15) is 17.3 Å². The van der Waals surface area contributed by atoms with Crippen molar-refractivity contribution >= 4 is 33.5 Å². The number of hydrogen-bond acceptors (Lipinski definition) is 4. The summed E-state index contributed by atoms with van der Waals surface area (Å²) in [5.41, 5.74) is 0.491. The SMILES string of the molecule is CCOc1ccccc1NC(=O)COC(=O)c1cc(F)ccc1Br. The zero-order valence-corrected chi connectivity index (χ0v) is 14.4. The maximum absolute atomic E-state index is 13.2. The van der Waals surface area contributed by atoms with Crippen molar-refractivity contribution in [3.8, 4) is 5.75 Å². The van der Waals surface area contributed by atoms with E-state index in [4.69, 9.17) is 9.47 Å². The number of esters is 1. The minimum Gasteiger partial charge on any atom is -0.492 e. The Bertz CT molecular complexity index is 751. The summed E-state index contributed by atoms with van der Waals surface area (Å²) in [6.07, 6.45) is 0. The lowest BCUT2D eigenvalue weighted by Gasteiger charge is -2.11. The van der Waals surface area contributed by atoms with Crippen LogP contribution in [0.3, 0.4) is 0 Å². The molecule has 0 unspecified atom stereocenters. The summed E-state index contributed by atoms with van der Waals surface area (Å²) < 4.78 is 23.9. The zero-order chi connectivity index (χ0) is 17.5. The first-order valence-electron chi connectivity index (χ1n) is 7.15. The van der Waals surface area contributed by atoms with Crippen LogP contribution >= 0.6 is 15.9 Å². The summed E-state index contributed by atoms with van der Waals surface area (Å²) in [5.74, 6) is -1.37. The van der Waals surface area contributed by atoms with Gasteiger partial charge in [-0.05, 0) is 53.2 Å². The molecule has 0 aromatic heterocycles. The minimum absolute atomic E-state index is 0.0116. The molecule has 0 aliphatic carbocycles. The number of ether oxygens (including phenoxy) is 2. The van der Waals surface area contributed by atoms with Crippen LogP contribution in [0, 0.1) is 5.82 Å². The van der Waals surface area contributed by atoms with E-state index < -0.39 is 24.3 Å². The molecule has 2 aromatic carbocycles. The number of rotatable bonds is 6. The van der Waals surface area contributed by atoms with Crippen molar-refractivity contribution < 1.29 is 23.5 Å². The van der Waals surface area contributed by atoms with Gasteiger partial charge in [0.15, 0.2) is 6.61 Å². The van der Waals surface area contributed by atoms with E-state index in [0.29, 0.717) is 22.5 Å². The fraction of sp³-hybridized carbons (Fsp3) is 0.176. The van der Waals surface area contributed by atoms with E-state index in [0.717, 1.165) is 6.07 Å². The molecule has 1 amide bonds. The predicted octanol–water partition coefficient (Wildman–Crippen LogP) is 3.78. The zero-order valence-electron chi connectivity index (χ0n) is 12.8. The lowest BCUT2D eigenvalue weighted by atomic mass is 10.2. The number of benzene rings is 2. The third-order valence-corrected chi connectivity index (χ3v) is 3.64. The van der Waals surface area contributed by atoms with Gasteiger partial charge in [0.1, 0.15) is 11.6 Å². The Hall–Kier alpha value is -2.41. The number of para-hydroxylation sites is 2. The fourth-order valence-electron chi connectivity index (χ4n) is 1.90. The molecule has 0 radical (unpaired) electrons. The first-order valence-corrected chi connectivity index (χ1v) is 7.94. The molecule has 0 heterocycles. The van der Waals surface area contributed by atoms with Gasteiger partial charge < -0.3 is 14.8 Å². The van der Waals surface area contributed by atoms with Crippen molar-refractivity contribution in [2.45, 2.75) is 6.92 Å². The molecule has 0 fully saturated rings. The van der Waals surface area contributed by atoms with Gasteiger partial charge in [-0.25, -0.2) is 9.18 Å². The quantitative estimate of drug-likeness (QED) is 0.755. The van der Waals surface area contributed by atoms with Crippen molar-refractivity contribution in [2.75, 3.05) is 18.5 Å². The molecule has 5 nitrogen and oxygen atoms in total. The Morgan fingerprint density at radius 1 is 1.21 bits per heavy atom. The van der Waals surface area contributed by atoms with Crippen molar-refractivity contribution in [1.29, 1.82) is 0 Å². The highest BCUT2D eigenvalue weighted by molar-refractivity contribution is 9.10. The largest absolute Gasteiger partial charge is 0.492 e. The Kier molecular flexibility index (Phi) is 6.31. The smallest absolute Gasteiger partial charge is 0.339 e. The second-order valence-electron chi connectivity index (χ2n) is 4.68. The van der Waals surface area contributed by atoms with E-state index in [9.17, 15) is 14.0 Å². The van der Waals surface area contributed by atoms with Crippen LogP contribution in [0.15, 0.2) is 46.9 Å². The molecule has 1 N–H and O–H groups in total. The van der Waals surface area contributed by atoms with Crippen LogP contribution in [-0.4, -0.2) is 25.1 Å². The van der Waals surface area contributed by atoms with Gasteiger partial charge in [0.05, 0.1) is 17.9 Å². The molecule has 126 valence electrons. The number of anilines is 1. The Balaban J connectivity index is 1.96. The molecule has 0 saturated carbocycles. The Labute approximate surface area is 146 Å². The number of carbonyl (C=O) groups is 2. The Morgan fingerprint density at radius 3 is 2.71 bits per heavy atom. The van der Waals surface area contributed by atoms with Crippen molar-refractivity contribution in [2.24, 2.45) is 0 Å². The summed E-state index contributed by atoms with van der Waals surface area (Å²) in [7, 11) is 0. The first kappa shape index (κ1) is 17.9. The van der Waals surface area contributed by atoms with E-state index in [1.165, 1.54) is 12.1 Å². The van der Waals surface area contributed by atoms with Crippen LogP contribution in [-0.2, 0) is 9.53 Å². The molecule has 24 heavy (non-hydrogen) atoms. The van der Waals surface area contributed by atoms with Gasteiger partial charge in [-0.1, -0.05) is 12.1 Å². The van der Waals surface area contributed by atoms with Crippen LogP contribution in [0.25, 0.3) is 0 Å². The predicted molar refractivity (Wildman–Crippen MR) is 90.6 cm³/mol. The molecular weight excluding hydrogens is 381 g/mol. The van der Waals surface area contributed by atoms with Gasteiger partial charge in [0.2, 0.25) is 0 Å². The molecule has 2 aromatic rings. The number of carbonyl (C=O) groups excluding carboxylic acids is 2. The maximum Gasteiger partial charge on any atom is 0.339 e. The number of hydrogen-bond donors (Lipinski definition) is 1. The molecule has 0 aliphatic rings. The van der Waals surface area contributed by atoms with Crippen molar-refractivity contribution in [3.05, 3.63) is 58.3 Å². The molecule has 0 bridgehead atoms. The monoisotopic (exact) mass is 395 g/mol. The molecule has 0 saturated heterocycles. The lowest BCUT2D eigenvalue weighted by Crippen LogP contribution is -2.21. The molecule has 2 rings (SSSR count). The first-order chi connectivity index (χ1) is 11.5. The standard InChI is InChI=1S/C17H15BrFNO4/c1-2-23-15-6-4-3-5-14(15)20-16(21)10-24-17(22)12-9-11(19)7-8-13(12)18/h3-9H,2,10H2,1H3,(H,20,21). The third-order valence-electron chi connectivity index (χ3n) is 2.94. The van der Waals surface area contributed by atoms with Crippen LogP contribution < -0.4 is 10.1 Å².